The molecule has 1 aliphatic carbocycles. The Balaban J connectivity index is 1.67. The maximum Gasteiger partial charge on any atom is 0.573 e. The lowest BCUT2D eigenvalue weighted by molar-refractivity contribution is -0.274. The van der Waals surface area contributed by atoms with Crippen molar-refractivity contribution in [2.45, 2.75) is 18.7 Å². The summed E-state index contributed by atoms with van der Waals surface area (Å²) in [5, 5.41) is 6.56. The normalized spacial score (nSPS) is 20.2. The van der Waals surface area contributed by atoms with Crippen molar-refractivity contribution < 1.29 is 22.7 Å². The summed E-state index contributed by atoms with van der Waals surface area (Å²) in [6.45, 7) is 0. The van der Waals surface area contributed by atoms with Crippen LogP contribution in [0.1, 0.15) is 17.9 Å². The number of alkyl halides is 3. The van der Waals surface area contributed by atoms with Crippen LogP contribution in [-0.2, 0) is 11.8 Å². The van der Waals surface area contributed by atoms with Gasteiger partial charge in [0.1, 0.15) is 0 Å². The van der Waals surface area contributed by atoms with Gasteiger partial charge in [0, 0.05) is 19.2 Å². The molecule has 3 rings (SSSR count). The van der Waals surface area contributed by atoms with E-state index in [0.717, 1.165) is 11.6 Å². The Morgan fingerprint density at radius 2 is 2.13 bits per heavy atom. The number of carbonyl (C=O) groups is 1. The molecular formula is C15H14F3N3O2. The molecule has 2 atom stereocenters. The highest BCUT2D eigenvalue weighted by Gasteiger charge is 2.45. The molecule has 1 N–H and O–H groups in total. The molecule has 1 fully saturated rings. The first-order chi connectivity index (χ1) is 10.8. The lowest BCUT2D eigenvalue weighted by Gasteiger charge is -2.13. The molecule has 0 radical (unpaired) electrons. The number of hydrogen-bond acceptors (Lipinski definition) is 3. The fraction of sp³-hybridized carbons (Fsp3) is 0.333. The number of amides is 1. The molecule has 0 saturated heterocycles. The predicted octanol–water partition coefficient (Wildman–Crippen LogP) is 3.06. The number of nitrogens with zero attached hydrogens (tertiary/aromatic N) is 2. The number of ether oxygens (including phenoxy) is 1. The SMILES string of the molecule is Cn1cc([C@@H]2C[C@H]2C(=O)Nc2ccccc2OC(F)(F)F)cn1. The van der Waals surface area contributed by atoms with E-state index in [1.54, 1.807) is 17.9 Å². The molecule has 0 unspecified atom stereocenters. The summed E-state index contributed by atoms with van der Waals surface area (Å²) in [4.78, 5) is 12.2. The van der Waals surface area contributed by atoms with Gasteiger partial charge in [0.05, 0.1) is 11.9 Å². The number of rotatable bonds is 4. The van der Waals surface area contributed by atoms with Crippen LogP contribution in [-0.4, -0.2) is 22.1 Å². The van der Waals surface area contributed by atoms with Crippen molar-refractivity contribution in [1.82, 2.24) is 9.78 Å². The summed E-state index contributed by atoms with van der Waals surface area (Å²) < 4.78 is 42.7. The highest BCUT2D eigenvalue weighted by Crippen LogP contribution is 2.48. The first kappa shape index (κ1) is 15.4. The molecule has 1 heterocycles. The van der Waals surface area contributed by atoms with Gasteiger partial charge in [-0.3, -0.25) is 9.48 Å². The highest BCUT2D eigenvalue weighted by atomic mass is 19.4. The summed E-state index contributed by atoms with van der Waals surface area (Å²) in [7, 11) is 1.78. The Bertz CT molecular complexity index is 727. The van der Waals surface area contributed by atoms with Crippen LogP contribution in [0.5, 0.6) is 5.75 Å². The standard InChI is InChI=1S/C15H14F3N3O2/c1-21-8-9(7-19-21)10-6-11(10)14(22)20-12-4-2-3-5-13(12)23-15(16,17)18/h2-5,7-8,10-11H,6H2,1H3,(H,20,22)/t10-,11+/m0/s1. The molecule has 1 aliphatic rings. The van der Waals surface area contributed by atoms with E-state index in [1.807, 2.05) is 6.20 Å². The third kappa shape index (κ3) is 3.64. The van der Waals surface area contributed by atoms with E-state index >= 15 is 0 Å². The van der Waals surface area contributed by atoms with Crippen LogP contribution in [0.3, 0.4) is 0 Å². The van der Waals surface area contributed by atoms with E-state index in [9.17, 15) is 18.0 Å². The molecular weight excluding hydrogens is 311 g/mol. The average Bonchev–Trinajstić information content (AvgIpc) is 3.15. The van der Waals surface area contributed by atoms with Crippen LogP contribution in [0.15, 0.2) is 36.7 Å². The van der Waals surface area contributed by atoms with E-state index in [1.165, 1.54) is 18.2 Å². The molecule has 23 heavy (non-hydrogen) atoms. The van der Waals surface area contributed by atoms with Crippen molar-refractivity contribution in [2.75, 3.05) is 5.32 Å². The zero-order valence-electron chi connectivity index (χ0n) is 12.2. The number of aromatic nitrogens is 2. The van der Waals surface area contributed by atoms with Gasteiger partial charge in [0.25, 0.3) is 0 Å². The van der Waals surface area contributed by atoms with Gasteiger partial charge in [0.2, 0.25) is 5.91 Å². The van der Waals surface area contributed by atoms with Gasteiger partial charge in [-0.25, -0.2) is 0 Å². The van der Waals surface area contributed by atoms with Gasteiger partial charge < -0.3 is 10.1 Å². The van der Waals surface area contributed by atoms with E-state index in [-0.39, 0.29) is 23.4 Å². The zero-order chi connectivity index (χ0) is 16.6. The third-order valence-electron chi connectivity index (χ3n) is 3.65. The maximum atomic E-state index is 12.4. The molecule has 1 aromatic heterocycles. The molecule has 8 heteroatoms. The monoisotopic (exact) mass is 325 g/mol. The van der Waals surface area contributed by atoms with E-state index in [0.29, 0.717) is 6.42 Å². The molecule has 122 valence electrons. The van der Waals surface area contributed by atoms with E-state index in [4.69, 9.17) is 0 Å². The molecule has 1 aromatic carbocycles. The van der Waals surface area contributed by atoms with Crippen LogP contribution in [0, 0.1) is 5.92 Å². The zero-order valence-corrected chi connectivity index (χ0v) is 12.2. The summed E-state index contributed by atoms with van der Waals surface area (Å²) in [6.07, 6.45) is -0.629. The van der Waals surface area contributed by atoms with Gasteiger partial charge in [0.15, 0.2) is 5.75 Å². The molecule has 0 aliphatic heterocycles. The summed E-state index contributed by atoms with van der Waals surface area (Å²) in [5.74, 6) is -0.957. The number of benzene rings is 1. The summed E-state index contributed by atoms with van der Waals surface area (Å²) >= 11 is 0. The quantitative estimate of drug-likeness (QED) is 0.940. The predicted molar refractivity (Wildman–Crippen MR) is 75.8 cm³/mol. The van der Waals surface area contributed by atoms with Gasteiger partial charge in [-0.05, 0) is 30.0 Å². The molecule has 0 spiro atoms. The number of aryl methyl sites for hydroxylation is 1. The van der Waals surface area contributed by atoms with Crippen molar-refractivity contribution >= 4 is 11.6 Å². The van der Waals surface area contributed by atoms with Gasteiger partial charge in [-0.15, -0.1) is 13.2 Å². The largest absolute Gasteiger partial charge is 0.573 e. The fourth-order valence-corrected chi connectivity index (χ4v) is 2.49. The number of carbonyl (C=O) groups excluding carboxylic acids is 1. The van der Waals surface area contributed by atoms with Crippen LogP contribution in [0.4, 0.5) is 18.9 Å². The lowest BCUT2D eigenvalue weighted by atomic mass is 10.2. The second kappa shape index (κ2) is 5.60. The van der Waals surface area contributed by atoms with Crippen LogP contribution < -0.4 is 10.1 Å². The minimum atomic E-state index is -4.81. The van der Waals surface area contributed by atoms with Gasteiger partial charge >= 0.3 is 6.36 Å². The number of para-hydroxylation sites is 2. The number of hydrogen-bond donors (Lipinski definition) is 1. The van der Waals surface area contributed by atoms with Crippen molar-refractivity contribution in [3.63, 3.8) is 0 Å². The molecule has 5 nitrogen and oxygen atoms in total. The second-order valence-electron chi connectivity index (χ2n) is 5.43. The van der Waals surface area contributed by atoms with Crippen molar-refractivity contribution in [3.8, 4) is 5.75 Å². The average molecular weight is 325 g/mol. The smallest absolute Gasteiger partial charge is 0.404 e. The van der Waals surface area contributed by atoms with Gasteiger partial charge in [-0.1, -0.05) is 12.1 Å². The fourth-order valence-electron chi connectivity index (χ4n) is 2.49. The van der Waals surface area contributed by atoms with Crippen LogP contribution in [0.25, 0.3) is 0 Å². The van der Waals surface area contributed by atoms with E-state index in [2.05, 4.69) is 15.2 Å². The highest BCUT2D eigenvalue weighted by molar-refractivity contribution is 5.96. The van der Waals surface area contributed by atoms with Crippen LogP contribution in [0.2, 0.25) is 0 Å². The second-order valence-corrected chi connectivity index (χ2v) is 5.43. The molecule has 0 bridgehead atoms. The summed E-state index contributed by atoms with van der Waals surface area (Å²) in [5.41, 5.74) is 0.958. The van der Waals surface area contributed by atoms with Gasteiger partial charge in [-0.2, -0.15) is 5.10 Å². The molecule has 2 aromatic rings. The van der Waals surface area contributed by atoms with Crippen molar-refractivity contribution in [2.24, 2.45) is 13.0 Å². The Labute approximate surface area is 130 Å². The number of anilines is 1. The first-order valence-electron chi connectivity index (χ1n) is 6.97. The topological polar surface area (TPSA) is 56.2 Å². The Kier molecular flexibility index (Phi) is 3.75. The Morgan fingerprint density at radius 3 is 2.78 bits per heavy atom. The van der Waals surface area contributed by atoms with Crippen molar-refractivity contribution in [3.05, 3.63) is 42.2 Å². The third-order valence-corrected chi connectivity index (χ3v) is 3.65. The van der Waals surface area contributed by atoms with E-state index < -0.39 is 12.1 Å². The minimum Gasteiger partial charge on any atom is -0.404 e. The number of halogens is 3. The number of nitrogens with one attached hydrogen (secondary N) is 1. The molecule has 1 saturated carbocycles. The van der Waals surface area contributed by atoms with Crippen LogP contribution >= 0.6 is 0 Å². The summed E-state index contributed by atoms with van der Waals surface area (Å²) in [6, 6.07) is 5.48. The Hall–Kier alpha value is -2.51. The molecule has 1 amide bonds. The lowest BCUT2D eigenvalue weighted by Crippen LogP contribution is -2.20. The minimum absolute atomic E-state index is 0.00617. The van der Waals surface area contributed by atoms with Crippen molar-refractivity contribution in [1.29, 1.82) is 0 Å². The maximum absolute atomic E-state index is 12.4. The Morgan fingerprint density at radius 1 is 1.39 bits per heavy atom. The first-order valence-corrected chi connectivity index (χ1v) is 6.97.